The Balaban J connectivity index is 2.83. The number of anilines is 1. The van der Waals surface area contributed by atoms with Gasteiger partial charge in [-0.1, -0.05) is 0 Å². The molecule has 0 fully saturated rings. The third kappa shape index (κ3) is 3.00. The van der Waals surface area contributed by atoms with E-state index < -0.39 is 20.5 Å². The number of nitrogens with zero attached hydrogens (tertiary/aromatic N) is 2. The fourth-order valence-electron chi connectivity index (χ4n) is 1.26. The van der Waals surface area contributed by atoms with E-state index in [4.69, 9.17) is 11.5 Å². The number of nitrogen functional groups attached to an aromatic ring is 1. The number of amides is 1. The Morgan fingerprint density at radius 3 is 2.39 bits per heavy atom. The van der Waals surface area contributed by atoms with Crippen molar-refractivity contribution in [2.75, 3.05) is 11.5 Å². The normalized spacial score (nSPS) is 12.6. The molecule has 1 aromatic heterocycles. The average molecular weight is 274 g/mol. The Morgan fingerprint density at radius 1 is 1.44 bits per heavy atom. The minimum Gasteiger partial charge on any atom is -0.396 e. The number of hydrogen-bond acceptors (Lipinski definition) is 5. The van der Waals surface area contributed by atoms with Gasteiger partial charge in [0.15, 0.2) is 15.5 Å². The summed E-state index contributed by atoms with van der Waals surface area (Å²) < 4.78 is 24.3. The Labute approximate surface area is 106 Å². The van der Waals surface area contributed by atoms with Gasteiger partial charge in [0.2, 0.25) is 0 Å². The fourth-order valence-corrected chi connectivity index (χ4v) is 2.30. The largest absolute Gasteiger partial charge is 0.396 e. The molecule has 102 valence electrons. The third-order valence-corrected chi connectivity index (χ3v) is 5.13. The van der Waals surface area contributed by atoms with Crippen molar-refractivity contribution in [2.45, 2.75) is 32.1 Å². The van der Waals surface area contributed by atoms with E-state index in [9.17, 15) is 13.2 Å². The van der Waals surface area contributed by atoms with Gasteiger partial charge >= 0.3 is 0 Å². The zero-order valence-electron chi connectivity index (χ0n) is 10.7. The van der Waals surface area contributed by atoms with Gasteiger partial charge in [-0.25, -0.2) is 8.42 Å². The highest BCUT2D eigenvalue weighted by molar-refractivity contribution is 7.92. The molecule has 0 saturated heterocycles. The number of sulfone groups is 1. The van der Waals surface area contributed by atoms with Gasteiger partial charge in [0, 0.05) is 6.20 Å². The van der Waals surface area contributed by atoms with Crippen molar-refractivity contribution in [1.82, 2.24) is 9.78 Å². The predicted molar refractivity (Wildman–Crippen MR) is 68.7 cm³/mol. The second-order valence-corrected chi connectivity index (χ2v) is 7.85. The molecular formula is C10H18N4O3S. The smallest absolute Gasteiger partial charge is 0.271 e. The van der Waals surface area contributed by atoms with E-state index in [-0.39, 0.29) is 23.7 Å². The van der Waals surface area contributed by atoms with Crippen LogP contribution in [-0.2, 0) is 16.4 Å². The molecule has 1 rings (SSSR count). The van der Waals surface area contributed by atoms with Crippen LogP contribution in [0.5, 0.6) is 0 Å². The van der Waals surface area contributed by atoms with E-state index >= 15 is 0 Å². The average Bonchev–Trinajstić information content (AvgIpc) is 2.55. The monoisotopic (exact) mass is 274 g/mol. The summed E-state index contributed by atoms with van der Waals surface area (Å²) in [6, 6.07) is 0. The number of aromatic nitrogens is 2. The predicted octanol–water partition coefficient (Wildman–Crippen LogP) is -0.222. The number of aryl methyl sites for hydroxylation is 1. The minimum absolute atomic E-state index is 0.0387. The van der Waals surface area contributed by atoms with Gasteiger partial charge in [0.1, 0.15) is 0 Å². The number of primary amides is 1. The van der Waals surface area contributed by atoms with Gasteiger partial charge in [-0.15, -0.1) is 0 Å². The molecule has 0 atom stereocenters. The van der Waals surface area contributed by atoms with Crippen molar-refractivity contribution >= 4 is 21.4 Å². The summed E-state index contributed by atoms with van der Waals surface area (Å²) in [7, 11) is -3.24. The molecule has 0 aliphatic heterocycles. The number of hydrogen-bond donors (Lipinski definition) is 2. The highest BCUT2D eigenvalue weighted by Gasteiger charge is 2.28. The molecule has 1 aromatic rings. The van der Waals surface area contributed by atoms with E-state index in [1.807, 2.05) is 0 Å². The van der Waals surface area contributed by atoms with Gasteiger partial charge in [0.05, 0.1) is 22.7 Å². The molecule has 0 aliphatic rings. The summed E-state index contributed by atoms with van der Waals surface area (Å²) in [4.78, 5) is 10.9. The van der Waals surface area contributed by atoms with Gasteiger partial charge in [-0.3, -0.25) is 9.48 Å². The Bertz CT molecular complexity index is 554. The maximum atomic E-state index is 11.9. The lowest BCUT2D eigenvalue weighted by Gasteiger charge is -2.18. The van der Waals surface area contributed by atoms with E-state index in [0.717, 1.165) is 0 Å². The lowest BCUT2D eigenvalue weighted by molar-refractivity contribution is 0.0995. The van der Waals surface area contributed by atoms with Crippen LogP contribution in [0.15, 0.2) is 6.20 Å². The molecule has 1 amide bonds. The van der Waals surface area contributed by atoms with E-state index in [1.54, 1.807) is 20.8 Å². The summed E-state index contributed by atoms with van der Waals surface area (Å²) in [5, 5.41) is 3.85. The van der Waals surface area contributed by atoms with Crippen LogP contribution in [0.3, 0.4) is 0 Å². The first-order valence-electron chi connectivity index (χ1n) is 5.39. The van der Waals surface area contributed by atoms with E-state index in [0.29, 0.717) is 0 Å². The van der Waals surface area contributed by atoms with Gasteiger partial charge in [-0.2, -0.15) is 5.10 Å². The summed E-state index contributed by atoms with van der Waals surface area (Å²) in [6.07, 6.45) is 1.40. The molecule has 0 saturated carbocycles. The van der Waals surface area contributed by atoms with Crippen molar-refractivity contribution in [3.63, 3.8) is 0 Å². The topological polar surface area (TPSA) is 121 Å². The van der Waals surface area contributed by atoms with Gasteiger partial charge in [0.25, 0.3) is 5.91 Å². The van der Waals surface area contributed by atoms with Gasteiger partial charge in [-0.05, 0) is 20.8 Å². The highest BCUT2D eigenvalue weighted by atomic mass is 32.2. The molecule has 7 nitrogen and oxygen atoms in total. The minimum atomic E-state index is -3.24. The van der Waals surface area contributed by atoms with Crippen LogP contribution in [0.1, 0.15) is 31.3 Å². The van der Waals surface area contributed by atoms with Crippen molar-refractivity contribution in [3.8, 4) is 0 Å². The molecule has 0 radical (unpaired) electrons. The number of rotatable bonds is 4. The first-order valence-corrected chi connectivity index (χ1v) is 7.05. The van der Waals surface area contributed by atoms with Crippen molar-refractivity contribution < 1.29 is 13.2 Å². The number of nitrogens with two attached hydrogens (primary N) is 2. The van der Waals surface area contributed by atoms with Crippen molar-refractivity contribution in [1.29, 1.82) is 0 Å². The maximum Gasteiger partial charge on any atom is 0.271 e. The molecule has 4 N–H and O–H groups in total. The molecule has 18 heavy (non-hydrogen) atoms. The van der Waals surface area contributed by atoms with Gasteiger partial charge < -0.3 is 11.5 Å². The highest BCUT2D eigenvalue weighted by Crippen LogP contribution is 2.16. The Kier molecular flexibility index (Phi) is 3.70. The van der Waals surface area contributed by atoms with Crippen LogP contribution in [-0.4, -0.2) is 34.6 Å². The van der Waals surface area contributed by atoms with Crippen LogP contribution in [0.25, 0.3) is 0 Å². The zero-order valence-corrected chi connectivity index (χ0v) is 11.5. The number of carbonyl (C=O) groups excluding carboxylic acids is 1. The first kappa shape index (κ1) is 14.5. The molecule has 0 aromatic carbocycles. The lowest BCUT2D eigenvalue weighted by Crippen LogP contribution is -2.32. The third-order valence-electron chi connectivity index (χ3n) is 2.55. The molecule has 8 heteroatoms. The lowest BCUT2D eigenvalue weighted by atomic mass is 10.3. The molecule has 0 aliphatic carbocycles. The second-order valence-electron chi connectivity index (χ2n) is 4.99. The molecule has 0 bridgehead atoms. The van der Waals surface area contributed by atoms with Crippen molar-refractivity contribution in [3.05, 3.63) is 11.9 Å². The van der Waals surface area contributed by atoms with Crippen LogP contribution < -0.4 is 11.5 Å². The second kappa shape index (κ2) is 4.60. The molecule has 0 unspecified atom stereocenters. The fraction of sp³-hybridized carbons (Fsp3) is 0.600. The van der Waals surface area contributed by atoms with Crippen molar-refractivity contribution in [2.24, 2.45) is 5.73 Å². The van der Waals surface area contributed by atoms with Crippen LogP contribution in [0, 0.1) is 0 Å². The van der Waals surface area contributed by atoms with E-state index in [1.165, 1.54) is 10.9 Å². The maximum absolute atomic E-state index is 11.9. The molecule has 0 spiro atoms. The zero-order chi connectivity index (χ0) is 14.1. The Morgan fingerprint density at radius 2 is 2.00 bits per heavy atom. The quantitative estimate of drug-likeness (QED) is 0.786. The van der Waals surface area contributed by atoms with Crippen LogP contribution in [0.4, 0.5) is 5.69 Å². The van der Waals surface area contributed by atoms with Crippen LogP contribution >= 0.6 is 0 Å². The summed E-state index contributed by atoms with van der Waals surface area (Å²) in [5.41, 5.74) is 10.7. The SMILES string of the molecule is CC(C)(C)S(=O)(=O)CCn1cc(N)c(C(N)=O)n1. The summed E-state index contributed by atoms with van der Waals surface area (Å²) in [6.45, 7) is 5.04. The summed E-state index contributed by atoms with van der Waals surface area (Å²) >= 11 is 0. The Hall–Kier alpha value is -1.57. The summed E-state index contributed by atoms with van der Waals surface area (Å²) in [5.74, 6) is -0.805. The first-order chi connectivity index (χ1) is 8.04. The number of carbonyl (C=O) groups is 1. The van der Waals surface area contributed by atoms with E-state index in [2.05, 4.69) is 5.10 Å². The van der Waals surface area contributed by atoms with Crippen LogP contribution in [0.2, 0.25) is 0 Å². The molecular weight excluding hydrogens is 256 g/mol. The standard InChI is InChI=1S/C10H18N4O3S/c1-10(2,3)18(16,17)5-4-14-6-7(11)8(13-14)9(12)15/h6H,4-5,11H2,1-3H3,(H2,12,15). The molecule has 1 heterocycles.